The number of ether oxygens (including phenoxy) is 2. The van der Waals surface area contributed by atoms with Crippen molar-refractivity contribution < 1.29 is 14.3 Å². The molecule has 0 aliphatic rings. The minimum Gasteiger partial charge on any atom is -0.467 e. The van der Waals surface area contributed by atoms with Gasteiger partial charge in [-0.1, -0.05) is 0 Å². The van der Waals surface area contributed by atoms with Crippen LogP contribution in [-0.2, 0) is 9.53 Å². The Morgan fingerprint density at radius 1 is 1.26 bits per heavy atom. The number of carbonyl (C=O) groups is 1. The van der Waals surface area contributed by atoms with Crippen LogP contribution < -0.4 is 21.1 Å². The first-order valence-electron chi connectivity index (χ1n) is 5.79. The van der Waals surface area contributed by atoms with Crippen LogP contribution >= 0.6 is 0 Å². The van der Waals surface area contributed by atoms with E-state index in [4.69, 9.17) is 15.2 Å². The fraction of sp³-hybridized carbons (Fsp3) is 0.600. The van der Waals surface area contributed by atoms with Crippen LogP contribution in [0.15, 0.2) is 0 Å². The molecule has 0 saturated carbocycles. The highest BCUT2D eigenvalue weighted by Crippen LogP contribution is 2.09. The number of primary amides is 1. The molecule has 9 nitrogen and oxygen atoms in total. The lowest BCUT2D eigenvalue weighted by molar-refractivity contribution is -0.122. The molecule has 0 aliphatic carbocycles. The zero-order valence-electron chi connectivity index (χ0n) is 11.0. The van der Waals surface area contributed by atoms with E-state index < -0.39 is 5.91 Å². The van der Waals surface area contributed by atoms with Crippen molar-refractivity contribution in [1.82, 2.24) is 15.0 Å². The molecule has 19 heavy (non-hydrogen) atoms. The molecule has 1 heterocycles. The highest BCUT2D eigenvalue weighted by molar-refractivity contribution is 5.74. The van der Waals surface area contributed by atoms with E-state index in [-0.39, 0.29) is 12.6 Å². The standard InChI is InChI=1S/C10H18N6O3/c1-3-12-8-14-9(16-10(15-8)18-2)13-4-5-19-6-7(11)17/h3-6H2,1-2H3,(H2,11,17)(H2,12,13,14,15,16). The highest BCUT2D eigenvalue weighted by atomic mass is 16.5. The Kier molecular flexibility index (Phi) is 6.30. The van der Waals surface area contributed by atoms with Gasteiger partial charge in [-0.25, -0.2) is 0 Å². The molecule has 4 N–H and O–H groups in total. The average molecular weight is 270 g/mol. The number of rotatable bonds is 9. The number of aromatic nitrogens is 3. The quantitative estimate of drug-likeness (QED) is 0.499. The normalized spacial score (nSPS) is 10.0. The van der Waals surface area contributed by atoms with Crippen LogP contribution in [0.2, 0.25) is 0 Å². The molecule has 106 valence electrons. The van der Waals surface area contributed by atoms with E-state index in [0.29, 0.717) is 31.6 Å². The van der Waals surface area contributed by atoms with Gasteiger partial charge >= 0.3 is 6.01 Å². The summed E-state index contributed by atoms with van der Waals surface area (Å²) in [5.41, 5.74) is 4.93. The van der Waals surface area contributed by atoms with Gasteiger partial charge < -0.3 is 25.8 Å². The Balaban J connectivity index is 2.47. The van der Waals surface area contributed by atoms with Crippen molar-refractivity contribution in [3.63, 3.8) is 0 Å². The molecule has 0 spiro atoms. The summed E-state index contributed by atoms with van der Waals surface area (Å²) in [5, 5.41) is 5.90. The Bertz CT molecular complexity index is 414. The third-order valence-corrected chi connectivity index (χ3v) is 1.91. The van der Waals surface area contributed by atoms with E-state index in [1.165, 1.54) is 7.11 Å². The van der Waals surface area contributed by atoms with E-state index in [1.54, 1.807) is 0 Å². The molecular weight excluding hydrogens is 252 g/mol. The van der Waals surface area contributed by atoms with Crippen molar-refractivity contribution in [2.45, 2.75) is 6.92 Å². The maximum absolute atomic E-state index is 10.5. The van der Waals surface area contributed by atoms with Gasteiger partial charge in [0, 0.05) is 13.1 Å². The van der Waals surface area contributed by atoms with Gasteiger partial charge in [-0.2, -0.15) is 15.0 Å². The third-order valence-electron chi connectivity index (χ3n) is 1.91. The maximum atomic E-state index is 10.5. The lowest BCUT2D eigenvalue weighted by Crippen LogP contribution is -2.21. The monoisotopic (exact) mass is 270 g/mol. The first-order chi connectivity index (χ1) is 9.15. The van der Waals surface area contributed by atoms with Crippen LogP contribution in [0.25, 0.3) is 0 Å². The second-order valence-electron chi connectivity index (χ2n) is 3.45. The van der Waals surface area contributed by atoms with Gasteiger partial charge in [0.15, 0.2) is 0 Å². The molecule has 0 aliphatic heterocycles. The van der Waals surface area contributed by atoms with Gasteiger partial charge in [-0.3, -0.25) is 4.79 Å². The summed E-state index contributed by atoms with van der Waals surface area (Å²) < 4.78 is 9.96. The summed E-state index contributed by atoms with van der Waals surface area (Å²) in [6, 6.07) is 0.214. The van der Waals surface area contributed by atoms with Crippen molar-refractivity contribution in [2.24, 2.45) is 5.73 Å². The van der Waals surface area contributed by atoms with Crippen LogP contribution in [0.1, 0.15) is 6.92 Å². The van der Waals surface area contributed by atoms with E-state index in [9.17, 15) is 4.79 Å². The minimum absolute atomic E-state index is 0.106. The number of carbonyl (C=O) groups excluding carboxylic acids is 1. The van der Waals surface area contributed by atoms with E-state index >= 15 is 0 Å². The summed E-state index contributed by atoms with van der Waals surface area (Å²) in [6.45, 7) is 3.26. The topological polar surface area (TPSA) is 124 Å². The molecule has 0 radical (unpaired) electrons. The number of methoxy groups -OCH3 is 1. The van der Waals surface area contributed by atoms with Crippen molar-refractivity contribution in [3.05, 3.63) is 0 Å². The van der Waals surface area contributed by atoms with Crippen molar-refractivity contribution in [3.8, 4) is 6.01 Å². The fourth-order valence-electron chi connectivity index (χ4n) is 1.17. The van der Waals surface area contributed by atoms with Crippen LogP contribution in [-0.4, -0.2) is 54.3 Å². The average Bonchev–Trinajstić information content (AvgIpc) is 2.38. The van der Waals surface area contributed by atoms with Gasteiger partial charge in [0.2, 0.25) is 17.8 Å². The smallest absolute Gasteiger partial charge is 0.322 e. The van der Waals surface area contributed by atoms with Gasteiger partial charge in [0.1, 0.15) is 6.61 Å². The second kappa shape index (κ2) is 8.03. The summed E-state index contributed by atoms with van der Waals surface area (Å²) >= 11 is 0. The summed E-state index contributed by atoms with van der Waals surface area (Å²) in [7, 11) is 1.48. The van der Waals surface area contributed by atoms with Crippen LogP contribution in [0.4, 0.5) is 11.9 Å². The third kappa shape index (κ3) is 5.82. The number of amides is 1. The summed E-state index contributed by atoms with van der Waals surface area (Å²) in [4.78, 5) is 22.6. The number of nitrogens with zero attached hydrogens (tertiary/aromatic N) is 3. The summed E-state index contributed by atoms with van der Waals surface area (Å²) in [6.07, 6.45) is 0. The first-order valence-corrected chi connectivity index (χ1v) is 5.79. The molecule has 1 amide bonds. The predicted molar refractivity (Wildman–Crippen MR) is 69.0 cm³/mol. The SMILES string of the molecule is CCNc1nc(NCCOCC(N)=O)nc(OC)n1. The molecule has 1 aromatic heterocycles. The van der Waals surface area contributed by atoms with Crippen molar-refractivity contribution >= 4 is 17.8 Å². The zero-order valence-corrected chi connectivity index (χ0v) is 11.0. The van der Waals surface area contributed by atoms with Crippen molar-refractivity contribution in [1.29, 1.82) is 0 Å². The Labute approximate surface area is 110 Å². The number of nitrogens with one attached hydrogen (secondary N) is 2. The maximum Gasteiger partial charge on any atom is 0.322 e. The molecular formula is C10H18N6O3. The number of nitrogens with two attached hydrogens (primary N) is 1. The molecule has 1 aromatic rings. The fourth-order valence-corrected chi connectivity index (χ4v) is 1.17. The Hall–Kier alpha value is -2.16. The van der Waals surface area contributed by atoms with Gasteiger partial charge in [0.05, 0.1) is 13.7 Å². The predicted octanol–water partition coefficient (Wildman–Crippen LogP) is -0.774. The lowest BCUT2D eigenvalue weighted by Gasteiger charge is -2.08. The summed E-state index contributed by atoms with van der Waals surface area (Å²) in [5.74, 6) is 0.289. The van der Waals surface area contributed by atoms with E-state index in [2.05, 4.69) is 25.6 Å². The molecule has 0 bridgehead atoms. The Morgan fingerprint density at radius 2 is 1.95 bits per heavy atom. The number of anilines is 2. The molecule has 0 fully saturated rings. The molecule has 9 heteroatoms. The number of hydrogen-bond donors (Lipinski definition) is 3. The molecule has 0 saturated heterocycles. The van der Waals surface area contributed by atoms with Crippen LogP contribution in [0.3, 0.4) is 0 Å². The Morgan fingerprint density at radius 3 is 2.53 bits per heavy atom. The largest absolute Gasteiger partial charge is 0.467 e. The van der Waals surface area contributed by atoms with Gasteiger partial charge in [-0.15, -0.1) is 0 Å². The molecule has 0 aromatic carbocycles. The van der Waals surface area contributed by atoms with Crippen molar-refractivity contribution in [2.75, 3.05) is 44.0 Å². The van der Waals surface area contributed by atoms with Gasteiger partial charge in [-0.05, 0) is 6.92 Å². The lowest BCUT2D eigenvalue weighted by atomic mass is 10.6. The highest BCUT2D eigenvalue weighted by Gasteiger charge is 2.05. The molecule has 0 atom stereocenters. The molecule has 0 unspecified atom stereocenters. The minimum atomic E-state index is -0.503. The number of hydrogen-bond acceptors (Lipinski definition) is 8. The van der Waals surface area contributed by atoms with E-state index in [1.807, 2.05) is 6.92 Å². The van der Waals surface area contributed by atoms with Crippen LogP contribution in [0.5, 0.6) is 6.01 Å². The first kappa shape index (κ1) is 14.9. The van der Waals surface area contributed by atoms with Crippen LogP contribution in [0, 0.1) is 0 Å². The van der Waals surface area contributed by atoms with E-state index in [0.717, 1.165) is 0 Å². The van der Waals surface area contributed by atoms with Gasteiger partial charge in [0.25, 0.3) is 0 Å². The molecule has 1 rings (SSSR count). The second-order valence-corrected chi connectivity index (χ2v) is 3.45. The zero-order chi connectivity index (χ0) is 14.1.